The van der Waals surface area contributed by atoms with Crippen LogP contribution in [0.2, 0.25) is 0 Å². The van der Waals surface area contributed by atoms with Crippen LogP contribution in [0.3, 0.4) is 0 Å². The molecule has 2 rings (SSSR count). The van der Waals surface area contributed by atoms with E-state index < -0.39 is 54.3 Å². The minimum atomic E-state index is -1.53. The molecule has 0 aromatic carbocycles. The Bertz CT molecular complexity index is 704. The fraction of sp³-hybridized carbons (Fsp3) is 0.636. The molecule has 128 valence electrons. The quantitative estimate of drug-likeness (QED) is 0.357. The second kappa shape index (κ2) is 6.88. The zero-order chi connectivity index (χ0) is 17.3. The number of aliphatic hydroxyl groups excluding tert-OH is 3. The first-order valence-electron chi connectivity index (χ1n) is 6.54. The maximum Gasteiger partial charge on any atom is 0.347 e. The average Bonchev–Trinajstić information content (AvgIpc) is 2.48. The van der Waals surface area contributed by atoms with Crippen LogP contribution in [0.5, 0.6) is 0 Å². The Labute approximate surface area is 137 Å². The number of hydrogen-bond acceptors (Lipinski definition) is 8. The Morgan fingerprint density at radius 3 is 2.65 bits per heavy atom. The summed E-state index contributed by atoms with van der Waals surface area (Å²) in [6.45, 7) is 0.536. The normalized spacial score (nSPS) is 30.9. The van der Waals surface area contributed by atoms with Crippen LogP contribution >= 0.6 is 15.9 Å². The lowest BCUT2D eigenvalue weighted by Gasteiger charge is -2.42. The molecule has 0 radical (unpaired) electrons. The molecule has 1 aliphatic heterocycles. The number of nitrogens with one attached hydrogen (secondary N) is 2. The smallest absolute Gasteiger partial charge is 0.347 e. The second-order valence-corrected chi connectivity index (χ2v) is 5.70. The molecule has 5 atom stereocenters. The predicted octanol–water partition coefficient (Wildman–Crippen LogP) is -3.19. The summed E-state index contributed by atoms with van der Waals surface area (Å²) in [5.41, 5.74) is -1.71. The van der Waals surface area contributed by atoms with E-state index in [0.717, 1.165) is 0 Å². The zero-order valence-electron chi connectivity index (χ0n) is 11.8. The van der Waals surface area contributed by atoms with E-state index in [9.17, 15) is 29.7 Å². The highest BCUT2D eigenvalue weighted by Gasteiger charge is 2.46. The maximum absolute atomic E-state index is 11.9. The molecule has 23 heavy (non-hydrogen) atoms. The van der Waals surface area contributed by atoms with Crippen LogP contribution in [0.4, 0.5) is 0 Å². The topological polar surface area (TPSA) is 167 Å². The van der Waals surface area contributed by atoms with Gasteiger partial charge in [0.2, 0.25) is 5.91 Å². The molecule has 2 heterocycles. The number of hydrogen-bond donors (Lipinski definition) is 5. The zero-order valence-corrected chi connectivity index (χ0v) is 13.4. The summed E-state index contributed by atoms with van der Waals surface area (Å²) in [6, 6.07) is -1.23. The number of halogens is 1. The van der Waals surface area contributed by atoms with Crippen LogP contribution < -0.4 is 16.6 Å². The summed E-state index contributed by atoms with van der Waals surface area (Å²) in [4.78, 5) is 36.6. The number of aliphatic hydroxyl groups is 3. The Kier molecular flexibility index (Phi) is 5.31. The van der Waals surface area contributed by atoms with Crippen LogP contribution in [0, 0.1) is 0 Å². The van der Waals surface area contributed by atoms with Gasteiger partial charge < -0.3 is 25.4 Å². The van der Waals surface area contributed by atoms with Crippen molar-refractivity contribution in [1.82, 2.24) is 20.1 Å². The Morgan fingerprint density at radius 1 is 1.43 bits per heavy atom. The molecule has 12 heteroatoms. The molecule has 11 nitrogen and oxygen atoms in total. The number of rotatable bonds is 3. The largest absolute Gasteiger partial charge is 0.394 e. The molecule has 5 N–H and O–H groups in total. The highest BCUT2D eigenvalue weighted by Crippen LogP contribution is 2.27. The SMILES string of the molecule is CC(=O)N[C@@H]1[C@@H](O)[C@H](O)[C@@H](CO)O[C@H]1n1nc(Br)c(=O)[nH]c1=O. The van der Waals surface area contributed by atoms with Gasteiger partial charge in [-0.2, -0.15) is 9.78 Å². The monoisotopic (exact) mass is 394 g/mol. The highest BCUT2D eigenvalue weighted by molar-refractivity contribution is 9.10. The molecule has 1 saturated heterocycles. The molecule has 1 aromatic rings. The number of amides is 1. The Balaban J connectivity index is 2.50. The van der Waals surface area contributed by atoms with Crippen LogP contribution in [0.25, 0.3) is 0 Å². The molecule has 1 aliphatic rings. The summed E-state index contributed by atoms with van der Waals surface area (Å²) in [7, 11) is 0. The van der Waals surface area contributed by atoms with E-state index in [1.165, 1.54) is 6.92 Å². The molecule has 0 bridgehead atoms. The lowest BCUT2D eigenvalue weighted by atomic mass is 9.96. The van der Waals surface area contributed by atoms with E-state index in [-0.39, 0.29) is 4.60 Å². The van der Waals surface area contributed by atoms with Crippen molar-refractivity contribution in [2.45, 2.75) is 37.5 Å². The second-order valence-electron chi connectivity index (χ2n) is 4.95. The van der Waals surface area contributed by atoms with Crippen molar-refractivity contribution in [2.24, 2.45) is 0 Å². The van der Waals surface area contributed by atoms with Crippen molar-refractivity contribution in [3.05, 3.63) is 25.4 Å². The van der Waals surface area contributed by atoms with Gasteiger partial charge in [-0.1, -0.05) is 0 Å². The molecule has 0 spiro atoms. The number of carbonyl (C=O) groups is 1. The number of ether oxygens (including phenoxy) is 1. The molecular formula is C11H15BrN4O7. The Morgan fingerprint density at radius 2 is 2.09 bits per heavy atom. The van der Waals surface area contributed by atoms with Crippen molar-refractivity contribution in [3.63, 3.8) is 0 Å². The van der Waals surface area contributed by atoms with Crippen LogP contribution in [-0.4, -0.2) is 67.0 Å². The number of carbonyl (C=O) groups excluding carboxylic acids is 1. The maximum atomic E-state index is 11.9. The lowest BCUT2D eigenvalue weighted by Crippen LogP contribution is -2.63. The van der Waals surface area contributed by atoms with Gasteiger partial charge in [-0.05, 0) is 15.9 Å². The van der Waals surface area contributed by atoms with E-state index in [1.54, 1.807) is 0 Å². The standard InChI is InChI=1S/C11H15BrN4O7/c1-3(18)13-5-7(20)6(19)4(2-17)23-10(5)16-11(22)14-9(21)8(12)15-16/h4-7,10,17,19-20H,2H2,1H3,(H,13,18)(H,14,21,22)/t4-,5-,6-,7-,10-/m1/s1. The lowest BCUT2D eigenvalue weighted by molar-refractivity contribution is -0.220. The first-order chi connectivity index (χ1) is 10.8. The van der Waals surface area contributed by atoms with Gasteiger partial charge in [0, 0.05) is 6.92 Å². The summed E-state index contributed by atoms with van der Waals surface area (Å²) in [6.07, 6.45) is -5.58. The van der Waals surface area contributed by atoms with Crippen molar-refractivity contribution in [1.29, 1.82) is 0 Å². The van der Waals surface area contributed by atoms with Gasteiger partial charge in [-0.25, -0.2) is 4.79 Å². The molecule has 1 fully saturated rings. The fourth-order valence-electron chi connectivity index (χ4n) is 2.26. The third-order valence-electron chi connectivity index (χ3n) is 3.32. The number of aromatic amines is 1. The first kappa shape index (κ1) is 17.7. The number of H-pyrrole nitrogens is 1. The van der Waals surface area contributed by atoms with Crippen molar-refractivity contribution in [3.8, 4) is 0 Å². The fourth-order valence-corrected chi connectivity index (χ4v) is 2.53. The van der Waals surface area contributed by atoms with Crippen molar-refractivity contribution < 1.29 is 24.9 Å². The molecular weight excluding hydrogens is 380 g/mol. The van der Waals surface area contributed by atoms with Gasteiger partial charge in [0.1, 0.15) is 24.4 Å². The van der Waals surface area contributed by atoms with Gasteiger partial charge in [-0.3, -0.25) is 14.6 Å². The number of aromatic nitrogens is 3. The molecule has 0 saturated carbocycles. The van der Waals surface area contributed by atoms with Gasteiger partial charge in [0.05, 0.1) is 6.61 Å². The highest BCUT2D eigenvalue weighted by atomic mass is 79.9. The molecule has 0 unspecified atom stereocenters. The predicted molar refractivity (Wildman–Crippen MR) is 77.4 cm³/mol. The molecule has 0 aliphatic carbocycles. The van der Waals surface area contributed by atoms with Crippen LogP contribution in [-0.2, 0) is 9.53 Å². The summed E-state index contributed by atoms with van der Waals surface area (Å²) < 4.78 is 5.86. The van der Waals surface area contributed by atoms with Crippen LogP contribution in [0.1, 0.15) is 13.2 Å². The first-order valence-corrected chi connectivity index (χ1v) is 7.33. The van der Waals surface area contributed by atoms with E-state index in [0.29, 0.717) is 4.68 Å². The van der Waals surface area contributed by atoms with Crippen LogP contribution in [0.15, 0.2) is 14.2 Å². The number of nitrogens with zero attached hydrogens (tertiary/aromatic N) is 2. The minimum absolute atomic E-state index is 0.219. The minimum Gasteiger partial charge on any atom is -0.394 e. The van der Waals surface area contributed by atoms with Gasteiger partial charge >= 0.3 is 5.69 Å². The van der Waals surface area contributed by atoms with E-state index in [2.05, 4.69) is 26.3 Å². The third-order valence-corrected chi connectivity index (χ3v) is 3.84. The molecule has 1 aromatic heterocycles. The summed E-state index contributed by atoms with van der Waals surface area (Å²) >= 11 is 2.86. The summed E-state index contributed by atoms with van der Waals surface area (Å²) in [5, 5.41) is 35.3. The van der Waals surface area contributed by atoms with Crippen molar-refractivity contribution in [2.75, 3.05) is 6.61 Å². The summed E-state index contributed by atoms with van der Waals surface area (Å²) in [5.74, 6) is -0.547. The molecule has 1 amide bonds. The van der Waals surface area contributed by atoms with Gasteiger partial charge in [-0.15, -0.1) is 0 Å². The van der Waals surface area contributed by atoms with E-state index in [4.69, 9.17) is 4.74 Å². The van der Waals surface area contributed by atoms with Gasteiger partial charge in [0.25, 0.3) is 5.56 Å². The van der Waals surface area contributed by atoms with E-state index >= 15 is 0 Å². The third kappa shape index (κ3) is 3.50. The Hall–Kier alpha value is -1.60. The average molecular weight is 395 g/mol. The van der Waals surface area contributed by atoms with Crippen molar-refractivity contribution >= 4 is 21.8 Å². The van der Waals surface area contributed by atoms with Gasteiger partial charge in [0.15, 0.2) is 10.8 Å². The van der Waals surface area contributed by atoms with E-state index in [1.807, 2.05) is 4.98 Å².